The average Bonchev–Trinajstić information content (AvgIpc) is 2.65. The van der Waals surface area contributed by atoms with Crippen LogP contribution in [-0.4, -0.2) is 30.3 Å². The fourth-order valence-electron chi connectivity index (χ4n) is 2.93. The van der Waals surface area contributed by atoms with E-state index >= 15 is 0 Å². The first-order valence-electron chi connectivity index (χ1n) is 10.2. The molecule has 0 radical (unpaired) electrons. The number of primary amides is 1. The molecule has 0 aliphatic carbocycles. The van der Waals surface area contributed by atoms with E-state index in [0.717, 1.165) is 37.7 Å². The van der Waals surface area contributed by atoms with Gasteiger partial charge in [0.15, 0.2) is 0 Å². The lowest BCUT2D eigenvalue weighted by Gasteiger charge is -2.26. The number of carbonyl (C=O) groups excluding carboxylic acids is 3. The average molecular weight is 390 g/mol. The first kappa shape index (κ1) is 23.7. The zero-order valence-electron chi connectivity index (χ0n) is 17.4. The molecular weight excluding hydrogens is 354 g/mol. The van der Waals surface area contributed by atoms with Gasteiger partial charge in [-0.3, -0.25) is 14.4 Å². The van der Waals surface area contributed by atoms with Gasteiger partial charge >= 0.3 is 0 Å². The molecule has 6 nitrogen and oxygen atoms in total. The number of amides is 3. The Hall–Kier alpha value is -2.37. The van der Waals surface area contributed by atoms with Gasteiger partial charge in [-0.2, -0.15) is 0 Å². The highest BCUT2D eigenvalue weighted by Gasteiger charge is 2.31. The maximum absolute atomic E-state index is 12.6. The Balaban J connectivity index is 2.47. The Kier molecular flexibility index (Phi) is 10.3. The Labute approximate surface area is 168 Å². The van der Waals surface area contributed by atoms with Crippen LogP contribution < -0.4 is 16.4 Å². The minimum Gasteiger partial charge on any atom is -0.368 e. The van der Waals surface area contributed by atoms with Gasteiger partial charge in [0.25, 0.3) is 0 Å². The molecule has 0 saturated carbocycles. The number of hydrogen-bond donors (Lipinski definition) is 3. The molecule has 0 bridgehead atoms. The number of rotatable bonds is 13. The van der Waals surface area contributed by atoms with Crippen molar-refractivity contribution in [2.45, 2.75) is 71.8 Å². The topological polar surface area (TPSA) is 101 Å². The van der Waals surface area contributed by atoms with Crippen molar-refractivity contribution >= 4 is 17.7 Å². The van der Waals surface area contributed by atoms with Crippen molar-refractivity contribution in [1.29, 1.82) is 0 Å². The predicted octanol–water partition coefficient (Wildman–Crippen LogP) is 2.70. The molecule has 1 aromatic carbocycles. The van der Waals surface area contributed by atoms with E-state index in [2.05, 4.69) is 17.6 Å². The summed E-state index contributed by atoms with van der Waals surface area (Å²) in [6.45, 7) is 6.31. The molecule has 3 amide bonds. The number of hydrogen-bond acceptors (Lipinski definition) is 3. The van der Waals surface area contributed by atoms with Gasteiger partial charge in [-0.15, -0.1) is 0 Å². The third-order valence-electron chi connectivity index (χ3n) is 4.89. The van der Waals surface area contributed by atoms with Crippen LogP contribution >= 0.6 is 0 Å². The summed E-state index contributed by atoms with van der Waals surface area (Å²) in [6.07, 6.45) is 5.59. The molecule has 1 aromatic rings. The Morgan fingerprint density at radius 2 is 1.75 bits per heavy atom. The lowest BCUT2D eigenvalue weighted by Crippen LogP contribution is -2.50. The molecule has 1 atom stereocenters. The van der Waals surface area contributed by atoms with Crippen molar-refractivity contribution in [3.8, 4) is 0 Å². The van der Waals surface area contributed by atoms with Crippen LogP contribution in [0.2, 0.25) is 0 Å². The smallest absolute Gasteiger partial charge is 0.240 e. The molecule has 0 spiro atoms. The van der Waals surface area contributed by atoms with E-state index in [1.54, 1.807) is 0 Å². The molecule has 6 heteroatoms. The molecular formula is C22H35N3O3. The summed E-state index contributed by atoms with van der Waals surface area (Å²) >= 11 is 0. The summed E-state index contributed by atoms with van der Waals surface area (Å²) in [5.41, 5.74) is 5.91. The monoisotopic (exact) mass is 389 g/mol. The lowest BCUT2D eigenvalue weighted by atomic mass is 9.85. The molecule has 0 aliphatic heterocycles. The summed E-state index contributed by atoms with van der Waals surface area (Å²) in [6, 6.07) is 8.80. The molecule has 0 saturated heterocycles. The van der Waals surface area contributed by atoms with E-state index in [1.807, 2.05) is 44.2 Å². The van der Waals surface area contributed by atoms with Crippen LogP contribution in [0.4, 0.5) is 0 Å². The fraction of sp³-hybridized carbons (Fsp3) is 0.591. The SMILES string of the molecule is CCCCCCC(C)(C)C(=O)N[C@H](CC(=O)NCCc1ccccc1)C(N)=O. The van der Waals surface area contributed by atoms with Crippen molar-refractivity contribution in [2.24, 2.45) is 11.1 Å². The summed E-state index contributed by atoms with van der Waals surface area (Å²) in [4.78, 5) is 36.4. The van der Waals surface area contributed by atoms with Crippen LogP contribution in [0.5, 0.6) is 0 Å². The van der Waals surface area contributed by atoms with Gasteiger partial charge in [0.2, 0.25) is 17.7 Å². The van der Waals surface area contributed by atoms with Crippen LogP contribution in [0.15, 0.2) is 30.3 Å². The summed E-state index contributed by atoms with van der Waals surface area (Å²) in [5, 5.41) is 5.44. The van der Waals surface area contributed by atoms with E-state index < -0.39 is 17.4 Å². The van der Waals surface area contributed by atoms with E-state index in [9.17, 15) is 14.4 Å². The summed E-state index contributed by atoms with van der Waals surface area (Å²) in [7, 11) is 0. The van der Waals surface area contributed by atoms with Gasteiger partial charge in [-0.1, -0.05) is 76.8 Å². The number of benzene rings is 1. The first-order valence-corrected chi connectivity index (χ1v) is 10.2. The van der Waals surface area contributed by atoms with Gasteiger partial charge in [-0.05, 0) is 18.4 Å². The quantitative estimate of drug-likeness (QED) is 0.452. The lowest BCUT2D eigenvalue weighted by molar-refractivity contribution is -0.134. The predicted molar refractivity (Wildman–Crippen MR) is 111 cm³/mol. The van der Waals surface area contributed by atoms with Crippen LogP contribution in [0, 0.1) is 5.41 Å². The summed E-state index contributed by atoms with van der Waals surface area (Å²) < 4.78 is 0. The second-order valence-electron chi connectivity index (χ2n) is 7.91. The molecule has 28 heavy (non-hydrogen) atoms. The molecule has 0 aliphatic rings. The highest BCUT2D eigenvalue weighted by molar-refractivity contribution is 5.92. The largest absolute Gasteiger partial charge is 0.368 e. The molecule has 0 unspecified atom stereocenters. The Morgan fingerprint density at radius 1 is 1.07 bits per heavy atom. The Morgan fingerprint density at radius 3 is 2.36 bits per heavy atom. The van der Waals surface area contributed by atoms with E-state index in [1.165, 1.54) is 0 Å². The molecule has 0 fully saturated rings. The second kappa shape index (κ2) is 12.2. The number of nitrogens with two attached hydrogens (primary N) is 1. The minimum atomic E-state index is -1.00. The maximum atomic E-state index is 12.6. The zero-order valence-corrected chi connectivity index (χ0v) is 17.4. The zero-order chi connectivity index (χ0) is 21.0. The van der Waals surface area contributed by atoms with E-state index in [4.69, 9.17) is 5.73 Å². The van der Waals surface area contributed by atoms with Crippen molar-refractivity contribution in [1.82, 2.24) is 10.6 Å². The highest BCUT2D eigenvalue weighted by Crippen LogP contribution is 2.24. The van der Waals surface area contributed by atoms with Crippen LogP contribution in [-0.2, 0) is 20.8 Å². The minimum absolute atomic E-state index is 0.151. The third-order valence-corrected chi connectivity index (χ3v) is 4.89. The molecule has 156 valence electrons. The van der Waals surface area contributed by atoms with Crippen LogP contribution in [0.1, 0.15) is 64.9 Å². The van der Waals surface area contributed by atoms with Crippen LogP contribution in [0.3, 0.4) is 0 Å². The fourth-order valence-corrected chi connectivity index (χ4v) is 2.93. The van der Waals surface area contributed by atoms with Gasteiger partial charge < -0.3 is 16.4 Å². The van der Waals surface area contributed by atoms with Gasteiger partial charge in [-0.25, -0.2) is 0 Å². The maximum Gasteiger partial charge on any atom is 0.240 e. The molecule has 4 N–H and O–H groups in total. The Bertz CT molecular complexity index is 629. The molecule has 0 aromatic heterocycles. The van der Waals surface area contributed by atoms with Gasteiger partial charge in [0.05, 0.1) is 6.42 Å². The van der Waals surface area contributed by atoms with Crippen molar-refractivity contribution < 1.29 is 14.4 Å². The third kappa shape index (κ3) is 9.02. The number of unbranched alkanes of at least 4 members (excludes halogenated alkanes) is 3. The molecule has 1 rings (SSSR count). The number of nitrogens with one attached hydrogen (secondary N) is 2. The summed E-state index contributed by atoms with van der Waals surface area (Å²) in [5.74, 6) is -1.25. The van der Waals surface area contributed by atoms with E-state index in [-0.39, 0.29) is 18.2 Å². The molecule has 0 heterocycles. The highest BCUT2D eigenvalue weighted by atomic mass is 16.2. The van der Waals surface area contributed by atoms with Crippen LogP contribution in [0.25, 0.3) is 0 Å². The second-order valence-corrected chi connectivity index (χ2v) is 7.91. The standard InChI is InChI=1S/C22H35N3O3/c1-4-5-6-10-14-22(2,3)21(28)25-18(20(23)27)16-19(26)24-15-13-17-11-8-7-9-12-17/h7-9,11-12,18H,4-6,10,13-16H2,1-3H3,(H2,23,27)(H,24,26)(H,25,28)/t18-/m1/s1. The first-order chi connectivity index (χ1) is 13.3. The van der Waals surface area contributed by atoms with Gasteiger partial charge in [0.1, 0.15) is 6.04 Å². The van der Waals surface area contributed by atoms with Crippen molar-refractivity contribution in [3.05, 3.63) is 35.9 Å². The van der Waals surface area contributed by atoms with Crippen molar-refractivity contribution in [3.63, 3.8) is 0 Å². The van der Waals surface area contributed by atoms with E-state index in [0.29, 0.717) is 13.0 Å². The normalized spacial score (nSPS) is 12.2. The van der Waals surface area contributed by atoms with Gasteiger partial charge in [0, 0.05) is 12.0 Å². The number of carbonyl (C=O) groups is 3. The van der Waals surface area contributed by atoms with Crippen molar-refractivity contribution in [2.75, 3.05) is 6.54 Å².